The summed E-state index contributed by atoms with van der Waals surface area (Å²) in [6.07, 6.45) is 3.60. The zero-order valence-electron chi connectivity index (χ0n) is 9.47. The van der Waals surface area contributed by atoms with Crippen molar-refractivity contribution in [2.24, 2.45) is 5.10 Å². The van der Waals surface area contributed by atoms with Crippen molar-refractivity contribution in [3.8, 4) is 0 Å². The molecule has 0 spiro atoms. The molecule has 1 aliphatic heterocycles. The van der Waals surface area contributed by atoms with E-state index < -0.39 is 0 Å². The van der Waals surface area contributed by atoms with E-state index >= 15 is 0 Å². The van der Waals surface area contributed by atoms with Gasteiger partial charge in [-0.25, -0.2) is 9.97 Å². The molecule has 0 fully saturated rings. The lowest BCUT2D eigenvalue weighted by molar-refractivity contribution is 0.303. The Morgan fingerprint density at radius 3 is 2.60 bits per heavy atom. The Hall–Kier alpha value is -1.65. The summed E-state index contributed by atoms with van der Waals surface area (Å²) in [4.78, 5) is 10.4. The van der Waals surface area contributed by atoms with Crippen molar-refractivity contribution in [2.45, 2.75) is 26.9 Å². The molecule has 1 aromatic heterocycles. The minimum absolute atomic E-state index is 0.207. The number of hydrazone groups is 1. The second-order valence-corrected chi connectivity index (χ2v) is 3.75. The Bertz CT molecular complexity index is 401. The lowest BCUT2D eigenvalue weighted by Crippen LogP contribution is -2.38. The van der Waals surface area contributed by atoms with Crippen molar-refractivity contribution in [3.05, 3.63) is 18.1 Å². The fourth-order valence-corrected chi connectivity index (χ4v) is 1.77. The molecule has 2 rings (SSSR count). The minimum Gasteiger partial charge on any atom is -0.290 e. The molecule has 0 aromatic carbocycles. The summed E-state index contributed by atoms with van der Waals surface area (Å²) in [6.45, 7) is 6.09. The highest BCUT2D eigenvalue weighted by Gasteiger charge is 2.28. The van der Waals surface area contributed by atoms with Gasteiger partial charge in [0.2, 0.25) is 0 Å². The predicted octanol–water partition coefficient (Wildman–Crippen LogP) is 1.22. The van der Waals surface area contributed by atoms with Crippen LogP contribution < -0.4 is 4.90 Å². The van der Waals surface area contributed by atoms with Crippen LogP contribution >= 0.6 is 0 Å². The first-order valence-electron chi connectivity index (χ1n) is 4.95. The highest BCUT2D eigenvalue weighted by Crippen LogP contribution is 2.23. The molecule has 0 N–H and O–H groups in total. The topological polar surface area (TPSA) is 44.6 Å². The van der Waals surface area contributed by atoms with E-state index in [2.05, 4.69) is 26.9 Å². The molecule has 1 unspecified atom stereocenters. The van der Waals surface area contributed by atoms with E-state index in [1.165, 1.54) is 0 Å². The van der Waals surface area contributed by atoms with Gasteiger partial charge in [0.15, 0.2) is 0 Å². The van der Waals surface area contributed by atoms with Crippen molar-refractivity contribution in [1.82, 2.24) is 15.0 Å². The van der Waals surface area contributed by atoms with E-state index in [9.17, 15) is 0 Å². The fourth-order valence-electron chi connectivity index (χ4n) is 1.77. The zero-order valence-corrected chi connectivity index (χ0v) is 9.47. The zero-order chi connectivity index (χ0) is 11.0. The van der Waals surface area contributed by atoms with Crippen LogP contribution in [0.2, 0.25) is 0 Å². The molecule has 0 aliphatic carbocycles. The van der Waals surface area contributed by atoms with Gasteiger partial charge in [-0.2, -0.15) is 5.10 Å². The quantitative estimate of drug-likeness (QED) is 0.691. The maximum atomic E-state index is 4.38. The summed E-state index contributed by atoms with van der Waals surface area (Å²) in [5.74, 6) is 1.90. The summed E-state index contributed by atoms with van der Waals surface area (Å²) in [5, 5.41) is 6.31. The number of aryl methyl sites for hydroxylation is 1. The van der Waals surface area contributed by atoms with Crippen LogP contribution in [0.5, 0.6) is 0 Å². The fraction of sp³-hybridized carbons (Fsp3) is 0.500. The van der Waals surface area contributed by atoms with Crippen LogP contribution in [0.3, 0.4) is 0 Å². The van der Waals surface area contributed by atoms with Crippen LogP contribution in [0.15, 0.2) is 17.6 Å². The van der Waals surface area contributed by atoms with Gasteiger partial charge in [-0.3, -0.25) is 9.91 Å². The third kappa shape index (κ3) is 1.54. The number of hydrogen-bond acceptors (Lipinski definition) is 5. The van der Waals surface area contributed by atoms with Crippen molar-refractivity contribution in [1.29, 1.82) is 0 Å². The first-order chi connectivity index (χ1) is 7.11. The van der Waals surface area contributed by atoms with Crippen LogP contribution in [0.1, 0.15) is 19.4 Å². The molecule has 1 aliphatic rings. The third-order valence-electron chi connectivity index (χ3n) is 2.66. The largest absolute Gasteiger partial charge is 0.290 e. The Kier molecular flexibility index (Phi) is 2.30. The number of nitrogens with zero attached hydrogens (tertiary/aromatic N) is 5. The molecule has 15 heavy (non-hydrogen) atoms. The van der Waals surface area contributed by atoms with E-state index in [-0.39, 0.29) is 6.17 Å². The molecule has 1 aromatic rings. The normalized spacial score (nSPS) is 20.8. The molecule has 0 saturated carbocycles. The molecule has 0 bridgehead atoms. The summed E-state index contributed by atoms with van der Waals surface area (Å²) in [5.41, 5.74) is 1.06. The van der Waals surface area contributed by atoms with Gasteiger partial charge in [0, 0.05) is 18.8 Å². The summed E-state index contributed by atoms with van der Waals surface area (Å²) < 4.78 is 0. The average Bonchev–Trinajstić information content (AvgIpc) is 2.43. The van der Waals surface area contributed by atoms with Crippen LogP contribution in [0.25, 0.3) is 0 Å². The van der Waals surface area contributed by atoms with Crippen molar-refractivity contribution in [2.75, 3.05) is 11.9 Å². The van der Waals surface area contributed by atoms with Gasteiger partial charge in [0.05, 0.1) is 0 Å². The third-order valence-corrected chi connectivity index (χ3v) is 2.66. The Labute approximate surface area is 89.4 Å². The second kappa shape index (κ2) is 3.49. The van der Waals surface area contributed by atoms with Gasteiger partial charge in [-0.05, 0) is 20.8 Å². The smallest absolute Gasteiger partial charge is 0.142 e. The highest BCUT2D eigenvalue weighted by atomic mass is 15.6. The van der Waals surface area contributed by atoms with Gasteiger partial charge in [0.25, 0.3) is 0 Å². The van der Waals surface area contributed by atoms with Gasteiger partial charge < -0.3 is 0 Å². The number of hydrogen-bond donors (Lipinski definition) is 0. The second-order valence-electron chi connectivity index (χ2n) is 3.75. The van der Waals surface area contributed by atoms with E-state index in [1.807, 2.05) is 32.1 Å². The van der Waals surface area contributed by atoms with Gasteiger partial charge in [-0.15, -0.1) is 0 Å². The molecule has 80 valence electrons. The number of rotatable bonds is 1. The molecule has 0 saturated heterocycles. The molecular formula is C10H15N5. The van der Waals surface area contributed by atoms with Crippen molar-refractivity contribution >= 4 is 11.7 Å². The van der Waals surface area contributed by atoms with Gasteiger partial charge >= 0.3 is 0 Å². The molecule has 5 nitrogen and oxygen atoms in total. The van der Waals surface area contributed by atoms with Crippen LogP contribution in [-0.4, -0.2) is 34.0 Å². The SMILES string of the molecule is CC1=NN(C)C(C)N1c1ncncc1C. The first kappa shape index (κ1) is 9.89. The molecule has 1 atom stereocenters. The molecule has 5 heteroatoms. The van der Waals surface area contributed by atoms with Crippen LogP contribution in [0.4, 0.5) is 5.82 Å². The average molecular weight is 205 g/mol. The predicted molar refractivity (Wildman–Crippen MR) is 59.6 cm³/mol. The maximum Gasteiger partial charge on any atom is 0.142 e. The number of amidine groups is 1. The minimum atomic E-state index is 0.207. The molecule has 0 radical (unpaired) electrons. The van der Waals surface area contributed by atoms with Crippen LogP contribution in [-0.2, 0) is 0 Å². The first-order valence-corrected chi connectivity index (χ1v) is 4.95. The lowest BCUT2D eigenvalue weighted by atomic mass is 10.3. The Morgan fingerprint density at radius 2 is 2.07 bits per heavy atom. The van der Waals surface area contributed by atoms with Crippen molar-refractivity contribution in [3.63, 3.8) is 0 Å². The maximum absolute atomic E-state index is 4.38. The Balaban J connectivity index is 2.40. The monoisotopic (exact) mass is 205 g/mol. The van der Waals surface area contributed by atoms with E-state index in [1.54, 1.807) is 6.33 Å². The number of anilines is 1. The summed E-state index contributed by atoms with van der Waals surface area (Å²) in [7, 11) is 1.96. The number of aromatic nitrogens is 2. The van der Waals surface area contributed by atoms with E-state index in [0.717, 1.165) is 17.2 Å². The summed E-state index contributed by atoms with van der Waals surface area (Å²) in [6, 6.07) is 0. The Morgan fingerprint density at radius 1 is 1.33 bits per heavy atom. The molecule has 2 heterocycles. The van der Waals surface area contributed by atoms with Crippen LogP contribution in [0, 0.1) is 6.92 Å². The summed E-state index contributed by atoms with van der Waals surface area (Å²) >= 11 is 0. The lowest BCUT2D eigenvalue weighted by Gasteiger charge is -2.26. The van der Waals surface area contributed by atoms with Gasteiger partial charge in [-0.1, -0.05) is 0 Å². The van der Waals surface area contributed by atoms with E-state index in [4.69, 9.17) is 0 Å². The van der Waals surface area contributed by atoms with Gasteiger partial charge in [0.1, 0.15) is 24.1 Å². The standard InChI is InChI=1S/C10H15N5/c1-7-5-11-6-12-10(7)15-8(2)13-14(4)9(15)3/h5-6,9H,1-4H3. The van der Waals surface area contributed by atoms with Crippen molar-refractivity contribution < 1.29 is 0 Å². The van der Waals surface area contributed by atoms with E-state index in [0.29, 0.717) is 0 Å². The molecule has 0 amide bonds. The highest BCUT2D eigenvalue weighted by molar-refractivity contribution is 5.97. The molecular weight excluding hydrogens is 190 g/mol.